The van der Waals surface area contributed by atoms with Crippen LogP contribution in [0.1, 0.15) is 16.7 Å². The van der Waals surface area contributed by atoms with Gasteiger partial charge in [-0.3, -0.25) is 0 Å². The van der Waals surface area contributed by atoms with Crippen molar-refractivity contribution in [2.45, 2.75) is 13.5 Å². The maximum atomic E-state index is 8.72. The smallest absolute Gasteiger partial charge is 0.123 e. The molecule has 0 spiro atoms. The van der Waals surface area contributed by atoms with Crippen molar-refractivity contribution >= 4 is 0 Å². The molecule has 2 N–H and O–H groups in total. The molecule has 0 fully saturated rings. The first kappa shape index (κ1) is 9.56. The zero-order valence-corrected chi connectivity index (χ0v) is 7.79. The Labute approximate surface area is 77.7 Å². The second-order valence-electron chi connectivity index (χ2n) is 2.78. The molecule has 68 valence electrons. The predicted molar refractivity (Wildman–Crippen MR) is 50.3 cm³/mol. The fraction of sp³-hybridized carbons (Fsp3) is 0.300. The van der Waals surface area contributed by atoms with E-state index in [1.165, 1.54) is 0 Å². The number of hydrogen-bond donors (Lipinski definition) is 1. The van der Waals surface area contributed by atoms with E-state index in [2.05, 4.69) is 6.07 Å². The van der Waals surface area contributed by atoms with Gasteiger partial charge >= 0.3 is 0 Å². The maximum Gasteiger partial charge on any atom is 0.123 e. The van der Waals surface area contributed by atoms with Gasteiger partial charge in [0, 0.05) is 6.54 Å². The normalized spacial score (nSPS) is 9.38. The third-order valence-corrected chi connectivity index (χ3v) is 2.04. The van der Waals surface area contributed by atoms with Gasteiger partial charge in [-0.2, -0.15) is 5.26 Å². The van der Waals surface area contributed by atoms with Crippen LogP contribution in [0.3, 0.4) is 0 Å². The quantitative estimate of drug-likeness (QED) is 0.739. The summed E-state index contributed by atoms with van der Waals surface area (Å²) in [5.41, 5.74) is 8.08. The summed E-state index contributed by atoms with van der Waals surface area (Å²) in [6, 6.07) is 5.57. The summed E-state index contributed by atoms with van der Waals surface area (Å²) in [6.45, 7) is 2.36. The van der Waals surface area contributed by atoms with Crippen molar-refractivity contribution in [2.75, 3.05) is 7.11 Å². The zero-order chi connectivity index (χ0) is 9.84. The topological polar surface area (TPSA) is 59.0 Å². The maximum absolute atomic E-state index is 8.72. The fourth-order valence-corrected chi connectivity index (χ4v) is 1.23. The van der Waals surface area contributed by atoms with Gasteiger partial charge in [-0.15, -0.1) is 0 Å². The molecule has 0 atom stereocenters. The van der Waals surface area contributed by atoms with Crippen LogP contribution in [-0.4, -0.2) is 7.11 Å². The molecular formula is C10H12N2O. The Morgan fingerprint density at radius 2 is 2.23 bits per heavy atom. The summed E-state index contributed by atoms with van der Waals surface area (Å²) < 4.78 is 5.12. The third kappa shape index (κ3) is 1.79. The van der Waals surface area contributed by atoms with Gasteiger partial charge in [0.25, 0.3) is 0 Å². The number of methoxy groups -OCH3 is 1. The minimum atomic E-state index is 0.428. The lowest BCUT2D eigenvalue weighted by molar-refractivity contribution is 0.411. The van der Waals surface area contributed by atoms with Crippen LogP contribution >= 0.6 is 0 Å². The molecule has 0 radical (unpaired) electrons. The van der Waals surface area contributed by atoms with Gasteiger partial charge in [0.15, 0.2) is 0 Å². The van der Waals surface area contributed by atoms with E-state index in [0.29, 0.717) is 12.1 Å². The molecule has 3 nitrogen and oxygen atoms in total. The van der Waals surface area contributed by atoms with Crippen LogP contribution in [-0.2, 0) is 6.54 Å². The Morgan fingerprint density at radius 3 is 2.69 bits per heavy atom. The summed E-state index contributed by atoms with van der Waals surface area (Å²) in [6.07, 6.45) is 0. The standard InChI is InChI=1S/C10H12N2O/c1-7-9(6-12)3-8(5-11)4-10(7)13-2/h3-4H,6,12H2,1-2H3. The molecule has 0 aromatic heterocycles. The molecule has 0 bridgehead atoms. The van der Waals surface area contributed by atoms with Crippen LogP contribution in [0.4, 0.5) is 0 Å². The van der Waals surface area contributed by atoms with Gasteiger partial charge in [-0.05, 0) is 30.2 Å². The summed E-state index contributed by atoms with van der Waals surface area (Å²) >= 11 is 0. The summed E-state index contributed by atoms with van der Waals surface area (Å²) in [5, 5.41) is 8.72. The van der Waals surface area contributed by atoms with Gasteiger partial charge in [0.2, 0.25) is 0 Å². The van der Waals surface area contributed by atoms with E-state index < -0.39 is 0 Å². The molecule has 0 saturated heterocycles. The summed E-state index contributed by atoms with van der Waals surface area (Å²) in [5.74, 6) is 0.722. The number of nitriles is 1. The highest BCUT2D eigenvalue weighted by Gasteiger charge is 2.05. The van der Waals surface area contributed by atoms with Crippen molar-refractivity contribution in [3.63, 3.8) is 0 Å². The Bertz CT molecular complexity index is 327. The predicted octanol–water partition coefficient (Wildman–Crippen LogP) is 1.33. The molecule has 3 heteroatoms. The lowest BCUT2D eigenvalue weighted by Gasteiger charge is -2.09. The average Bonchev–Trinajstić information content (AvgIpc) is 2.18. The van der Waals surface area contributed by atoms with Crippen LogP contribution in [0.15, 0.2) is 12.1 Å². The number of rotatable bonds is 2. The van der Waals surface area contributed by atoms with Gasteiger partial charge in [-0.25, -0.2) is 0 Å². The van der Waals surface area contributed by atoms with Crippen LogP contribution in [0.25, 0.3) is 0 Å². The molecule has 0 aliphatic heterocycles. The number of ether oxygens (including phenoxy) is 1. The number of benzene rings is 1. The van der Waals surface area contributed by atoms with E-state index in [1.807, 2.05) is 6.92 Å². The minimum absolute atomic E-state index is 0.428. The van der Waals surface area contributed by atoms with Crippen molar-refractivity contribution in [3.8, 4) is 11.8 Å². The average molecular weight is 176 g/mol. The molecule has 0 saturated carbocycles. The van der Waals surface area contributed by atoms with E-state index in [4.69, 9.17) is 15.7 Å². The van der Waals surface area contributed by atoms with Crippen LogP contribution < -0.4 is 10.5 Å². The highest BCUT2D eigenvalue weighted by Crippen LogP contribution is 2.22. The fourth-order valence-electron chi connectivity index (χ4n) is 1.23. The molecule has 0 unspecified atom stereocenters. The van der Waals surface area contributed by atoms with E-state index in [0.717, 1.165) is 16.9 Å². The molecule has 0 amide bonds. The molecule has 1 aromatic carbocycles. The monoisotopic (exact) mass is 176 g/mol. The van der Waals surface area contributed by atoms with E-state index >= 15 is 0 Å². The first-order valence-corrected chi connectivity index (χ1v) is 4.00. The Hall–Kier alpha value is -1.53. The first-order chi connectivity index (χ1) is 6.22. The lowest BCUT2D eigenvalue weighted by atomic mass is 10.0. The van der Waals surface area contributed by atoms with Crippen LogP contribution in [0, 0.1) is 18.3 Å². The minimum Gasteiger partial charge on any atom is -0.496 e. The number of nitrogens with zero attached hydrogens (tertiary/aromatic N) is 1. The molecule has 1 aromatic rings. The van der Waals surface area contributed by atoms with Crippen LogP contribution in [0.5, 0.6) is 5.75 Å². The van der Waals surface area contributed by atoms with Crippen molar-refractivity contribution in [1.29, 1.82) is 5.26 Å². The van der Waals surface area contributed by atoms with Crippen molar-refractivity contribution in [2.24, 2.45) is 5.73 Å². The second-order valence-corrected chi connectivity index (χ2v) is 2.78. The molecule has 1 rings (SSSR count). The van der Waals surface area contributed by atoms with Crippen molar-refractivity contribution in [1.82, 2.24) is 0 Å². The second kappa shape index (κ2) is 3.92. The van der Waals surface area contributed by atoms with E-state index in [9.17, 15) is 0 Å². The first-order valence-electron chi connectivity index (χ1n) is 4.00. The zero-order valence-electron chi connectivity index (χ0n) is 7.79. The third-order valence-electron chi connectivity index (χ3n) is 2.04. The highest BCUT2D eigenvalue weighted by atomic mass is 16.5. The van der Waals surface area contributed by atoms with Gasteiger partial charge in [0.05, 0.1) is 18.7 Å². The Morgan fingerprint density at radius 1 is 1.54 bits per heavy atom. The van der Waals surface area contributed by atoms with Crippen molar-refractivity contribution < 1.29 is 4.74 Å². The summed E-state index contributed by atoms with van der Waals surface area (Å²) in [7, 11) is 1.59. The van der Waals surface area contributed by atoms with E-state index in [1.54, 1.807) is 19.2 Å². The van der Waals surface area contributed by atoms with E-state index in [-0.39, 0.29) is 0 Å². The van der Waals surface area contributed by atoms with Crippen molar-refractivity contribution in [3.05, 3.63) is 28.8 Å². The van der Waals surface area contributed by atoms with Gasteiger partial charge < -0.3 is 10.5 Å². The molecule has 0 aliphatic carbocycles. The lowest BCUT2D eigenvalue weighted by Crippen LogP contribution is -2.01. The molecule has 0 heterocycles. The number of hydrogen-bond acceptors (Lipinski definition) is 3. The Balaban J connectivity index is 3.30. The highest BCUT2D eigenvalue weighted by molar-refractivity contribution is 5.47. The molecule has 13 heavy (non-hydrogen) atoms. The summed E-state index contributed by atoms with van der Waals surface area (Å²) in [4.78, 5) is 0. The number of nitrogens with two attached hydrogens (primary N) is 1. The molecule has 0 aliphatic rings. The van der Waals surface area contributed by atoms with Gasteiger partial charge in [0.1, 0.15) is 5.75 Å². The largest absolute Gasteiger partial charge is 0.496 e. The van der Waals surface area contributed by atoms with Crippen LogP contribution in [0.2, 0.25) is 0 Å². The van der Waals surface area contributed by atoms with Gasteiger partial charge in [-0.1, -0.05) is 0 Å². The SMILES string of the molecule is COc1cc(C#N)cc(CN)c1C. The molecular weight excluding hydrogens is 164 g/mol. The Kier molecular flexibility index (Phi) is 2.88.